The van der Waals surface area contributed by atoms with Crippen molar-refractivity contribution in [2.24, 2.45) is 0 Å². The predicted octanol–water partition coefficient (Wildman–Crippen LogP) is -0.212. The normalized spacial score (nSPS) is 18.9. The van der Waals surface area contributed by atoms with Crippen molar-refractivity contribution in [3.05, 3.63) is 36.2 Å². The van der Waals surface area contributed by atoms with Gasteiger partial charge in [0, 0.05) is 6.04 Å². The summed E-state index contributed by atoms with van der Waals surface area (Å²) in [6.45, 7) is 3.16. The van der Waals surface area contributed by atoms with Crippen LogP contribution in [0.15, 0.2) is 30.3 Å². The summed E-state index contributed by atoms with van der Waals surface area (Å²) in [5, 5.41) is 14.6. The Morgan fingerprint density at radius 2 is 2.12 bits per heavy atom. The van der Waals surface area contributed by atoms with Crippen LogP contribution in [0.1, 0.15) is 19.2 Å². The minimum absolute atomic E-state index is 0.0249. The van der Waals surface area contributed by atoms with Crippen molar-refractivity contribution in [3.63, 3.8) is 0 Å². The standard InChI is InChI=1S/C16H22N6O3S/c1-2-21(11-16(23)17-13-8-9-26(24,25)12-13)10-15-18-19-20-22(15)14-6-4-3-5-7-14/h3-7,13H,2,8-12H2,1H3,(H,17,23). The number of sulfone groups is 1. The third-order valence-electron chi connectivity index (χ3n) is 4.31. The number of nitrogens with one attached hydrogen (secondary N) is 1. The molecule has 1 unspecified atom stereocenters. The van der Waals surface area contributed by atoms with E-state index in [0.29, 0.717) is 25.3 Å². The van der Waals surface area contributed by atoms with Crippen LogP contribution in [-0.4, -0.2) is 70.1 Å². The van der Waals surface area contributed by atoms with Crippen LogP contribution in [0.4, 0.5) is 0 Å². The number of rotatable bonds is 7. The molecule has 2 heterocycles. The Kier molecular flexibility index (Phi) is 5.62. The van der Waals surface area contributed by atoms with E-state index in [2.05, 4.69) is 20.8 Å². The summed E-state index contributed by atoms with van der Waals surface area (Å²) in [7, 11) is -3.01. The average molecular weight is 378 g/mol. The molecule has 26 heavy (non-hydrogen) atoms. The highest BCUT2D eigenvalue weighted by molar-refractivity contribution is 7.91. The number of carbonyl (C=O) groups is 1. The fourth-order valence-corrected chi connectivity index (χ4v) is 4.61. The highest BCUT2D eigenvalue weighted by atomic mass is 32.2. The lowest BCUT2D eigenvalue weighted by Gasteiger charge is -2.20. The summed E-state index contributed by atoms with van der Waals surface area (Å²) in [5.41, 5.74) is 0.851. The molecule has 140 valence electrons. The highest BCUT2D eigenvalue weighted by Gasteiger charge is 2.29. The molecule has 0 bridgehead atoms. The Bertz CT molecular complexity index is 852. The fraction of sp³-hybridized carbons (Fsp3) is 0.500. The van der Waals surface area contributed by atoms with Crippen molar-refractivity contribution < 1.29 is 13.2 Å². The molecular formula is C16H22N6O3S. The van der Waals surface area contributed by atoms with Crippen LogP contribution in [0.25, 0.3) is 5.69 Å². The molecule has 0 aliphatic carbocycles. The lowest BCUT2D eigenvalue weighted by atomic mass is 10.2. The lowest BCUT2D eigenvalue weighted by Crippen LogP contribution is -2.42. The van der Waals surface area contributed by atoms with Gasteiger partial charge in [-0.3, -0.25) is 9.69 Å². The molecule has 2 aromatic rings. The SMILES string of the molecule is CCN(CC(=O)NC1CCS(=O)(=O)C1)Cc1nnnn1-c1ccccc1. The lowest BCUT2D eigenvalue weighted by molar-refractivity contribution is -0.122. The second-order valence-electron chi connectivity index (χ2n) is 6.31. The zero-order valence-corrected chi connectivity index (χ0v) is 15.4. The quantitative estimate of drug-likeness (QED) is 0.710. The second-order valence-corrected chi connectivity index (χ2v) is 8.54. The molecule has 0 radical (unpaired) electrons. The number of likely N-dealkylation sites (N-methyl/N-ethyl adjacent to an activating group) is 1. The number of tetrazole rings is 1. The van der Waals surface area contributed by atoms with Crippen molar-refractivity contribution >= 4 is 15.7 Å². The molecule has 1 aromatic carbocycles. The maximum atomic E-state index is 12.3. The van der Waals surface area contributed by atoms with Crippen LogP contribution in [0.2, 0.25) is 0 Å². The van der Waals surface area contributed by atoms with E-state index < -0.39 is 9.84 Å². The maximum absolute atomic E-state index is 12.3. The summed E-state index contributed by atoms with van der Waals surface area (Å²) < 4.78 is 24.6. The van der Waals surface area contributed by atoms with Crippen LogP contribution in [0, 0.1) is 0 Å². The summed E-state index contributed by atoms with van der Waals surface area (Å²) in [6.07, 6.45) is 0.479. The molecule has 1 aliphatic heterocycles. The first-order valence-corrected chi connectivity index (χ1v) is 10.3. The van der Waals surface area contributed by atoms with E-state index in [1.807, 2.05) is 42.2 Å². The first-order chi connectivity index (χ1) is 12.5. The van der Waals surface area contributed by atoms with Gasteiger partial charge >= 0.3 is 0 Å². The molecule has 9 nitrogen and oxygen atoms in total. The molecule has 1 atom stereocenters. The number of amides is 1. The van der Waals surface area contributed by atoms with Crippen LogP contribution in [0.5, 0.6) is 0 Å². The van der Waals surface area contributed by atoms with E-state index in [9.17, 15) is 13.2 Å². The topological polar surface area (TPSA) is 110 Å². The molecule has 1 aromatic heterocycles. The van der Waals surface area contributed by atoms with Gasteiger partial charge in [-0.15, -0.1) is 5.10 Å². The Morgan fingerprint density at radius 3 is 2.77 bits per heavy atom. The van der Waals surface area contributed by atoms with Crippen LogP contribution in [0.3, 0.4) is 0 Å². The van der Waals surface area contributed by atoms with Crippen molar-refractivity contribution in [2.75, 3.05) is 24.6 Å². The fourth-order valence-electron chi connectivity index (χ4n) is 2.94. The molecule has 3 rings (SSSR count). The van der Waals surface area contributed by atoms with Crippen molar-refractivity contribution in [2.45, 2.75) is 25.9 Å². The van der Waals surface area contributed by atoms with Gasteiger partial charge in [-0.05, 0) is 35.5 Å². The highest BCUT2D eigenvalue weighted by Crippen LogP contribution is 2.12. The van der Waals surface area contributed by atoms with Gasteiger partial charge in [0.05, 0.1) is 30.3 Å². The molecule has 0 saturated carbocycles. The average Bonchev–Trinajstić information content (AvgIpc) is 3.21. The second kappa shape index (κ2) is 7.92. The van der Waals surface area contributed by atoms with E-state index in [0.717, 1.165) is 5.69 Å². The summed E-state index contributed by atoms with van der Waals surface area (Å²) in [4.78, 5) is 14.2. The third kappa shape index (κ3) is 4.64. The van der Waals surface area contributed by atoms with E-state index in [1.165, 1.54) is 0 Å². The minimum atomic E-state index is -3.01. The number of nitrogens with zero attached hydrogens (tertiary/aromatic N) is 5. The van der Waals surface area contributed by atoms with Gasteiger partial charge in [0.1, 0.15) is 0 Å². The number of aromatic nitrogens is 4. The number of hydrogen-bond acceptors (Lipinski definition) is 7. The summed E-state index contributed by atoms with van der Waals surface area (Å²) in [6, 6.07) is 9.25. The Hall–Kier alpha value is -2.33. The van der Waals surface area contributed by atoms with E-state index in [1.54, 1.807) is 4.68 Å². The Labute approximate surface area is 152 Å². The molecule has 1 fully saturated rings. The molecule has 10 heteroatoms. The van der Waals surface area contributed by atoms with Gasteiger partial charge in [-0.2, -0.15) is 4.68 Å². The van der Waals surface area contributed by atoms with Gasteiger partial charge in [-0.1, -0.05) is 25.1 Å². The zero-order chi connectivity index (χ0) is 18.6. The molecule has 1 aliphatic rings. The van der Waals surface area contributed by atoms with E-state index in [4.69, 9.17) is 0 Å². The van der Waals surface area contributed by atoms with Crippen molar-refractivity contribution in [1.29, 1.82) is 0 Å². The van der Waals surface area contributed by atoms with Gasteiger partial charge in [0.15, 0.2) is 15.7 Å². The number of hydrogen-bond donors (Lipinski definition) is 1. The summed E-state index contributed by atoms with van der Waals surface area (Å²) in [5.74, 6) is 0.611. The zero-order valence-electron chi connectivity index (χ0n) is 14.6. The minimum Gasteiger partial charge on any atom is -0.351 e. The van der Waals surface area contributed by atoms with Crippen LogP contribution < -0.4 is 5.32 Å². The first kappa shape index (κ1) is 18.5. The molecule has 1 amide bonds. The maximum Gasteiger partial charge on any atom is 0.234 e. The number of para-hydroxylation sites is 1. The van der Waals surface area contributed by atoms with Gasteiger partial charge in [0.25, 0.3) is 0 Å². The predicted molar refractivity (Wildman–Crippen MR) is 95.3 cm³/mol. The molecule has 0 spiro atoms. The monoisotopic (exact) mass is 378 g/mol. The number of carbonyl (C=O) groups excluding carboxylic acids is 1. The molecular weight excluding hydrogens is 356 g/mol. The van der Waals surface area contributed by atoms with Crippen LogP contribution >= 0.6 is 0 Å². The smallest absolute Gasteiger partial charge is 0.234 e. The van der Waals surface area contributed by atoms with Gasteiger partial charge < -0.3 is 5.32 Å². The number of benzene rings is 1. The van der Waals surface area contributed by atoms with Gasteiger partial charge in [-0.25, -0.2) is 8.42 Å². The summed E-state index contributed by atoms with van der Waals surface area (Å²) >= 11 is 0. The van der Waals surface area contributed by atoms with E-state index in [-0.39, 0.29) is 30.0 Å². The molecule has 1 saturated heterocycles. The van der Waals surface area contributed by atoms with Crippen LogP contribution in [-0.2, 0) is 21.2 Å². The van der Waals surface area contributed by atoms with Crippen molar-refractivity contribution in [1.82, 2.24) is 30.4 Å². The molecule has 1 N–H and O–H groups in total. The Morgan fingerprint density at radius 1 is 1.35 bits per heavy atom. The van der Waals surface area contributed by atoms with Crippen molar-refractivity contribution in [3.8, 4) is 5.69 Å². The first-order valence-electron chi connectivity index (χ1n) is 8.51. The third-order valence-corrected chi connectivity index (χ3v) is 6.08. The van der Waals surface area contributed by atoms with Gasteiger partial charge in [0.2, 0.25) is 5.91 Å². The largest absolute Gasteiger partial charge is 0.351 e. The van der Waals surface area contributed by atoms with E-state index >= 15 is 0 Å². The Balaban J connectivity index is 1.60.